The predicted molar refractivity (Wildman–Crippen MR) is 85.8 cm³/mol. The third kappa shape index (κ3) is 4.84. The molecule has 0 radical (unpaired) electrons. The van der Waals surface area contributed by atoms with Crippen LogP contribution in [0.15, 0.2) is 18.2 Å². The summed E-state index contributed by atoms with van der Waals surface area (Å²) in [6.07, 6.45) is 0.124. The average molecular weight is 366 g/mol. The van der Waals surface area contributed by atoms with Gasteiger partial charge in [-0.05, 0) is 24.1 Å². The number of likely N-dealkylation sites (tertiary alicyclic amines) is 1. The van der Waals surface area contributed by atoms with Crippen LogP contribution >= 0.6 is 23.2 Å². The van der Waals surface area contributed by atoms with Gasteiger partial charge in [0.15, 0.2) is 9.84 Å². The summed E-state index contributed by atoms with van der Waals surface area (Å²) in [6.45, 7) is 0.627. The first-order valence-electron chi connectivity index (χ1n) is 6.87. The van der Waals surface area contributed by atoms with E-state index in [1.165, 1.54) is 17.0 Å². The molecule has 0 spiro atoms. The third-order valence-corrected chi connectivity index (χ3v) is 5.82. The smallest absolute Gasteiger partial charge is 0.222 e. The lowest BCUT2D eigenvalue weighted by Crippen LogP contribution is -2.37. The van der Waals surface area contributed by atoms with Gasteiger partial charge in [-0.2, -0.15) is 0 Å². The monoisotopic (exact) mass is 365 g/mol. The molecule has 0 unspecified atom stereocenters. The molecule has 1 saturated heterocycles. The number of halogens is 2. The van der Waals surface area contributed by atoms with E-state index in [0.29, 0.717) is 23.6 Å². The molecule has 1 atom stereocenters. The number of nitrogens with zero attached hydrogens (tertiary/aromatic N) is 1. The van der Waals surface area contributed by atoms with Gasteiger partial charge in [0.25, 0.3) is 0 Å². The highest BCUT2D eigenvalue weighted by Gasteiger charge is 2.25. The molecule has 5 nitrogen and oxygen atoms in total. The number of sulfone groups is 1. The van der Waals surface area contributed by atoms with Gasteiger partial charge in [0.1, 0.15) is 0 Å². The molecular formula is C14H17Cl2NO4S. The molecular weight excluding hydrogens is 349 g/mol. The van der Waals surface area contributed by atoms with Gasteiger partial charge in [-0.3, -0.25) is 4.79 Å². The fraction of sp³-hybridized carbons (Fsp3) is 0.500. The van der Waals surface area contributed by atoms with Crippen LogP contribution in [-0.2, 0) is 20.4 Å². The Morgan fingerprint density at radius 2 is 2.00 bits per heavy atom. The second kappa shape index (κ2) is 7.17. The molecule has 1 aromatic rings. The highest BCUT2D eigenvalue weighted by molar-refractivity contribution is 7.90. The number of carbonyl (C=O) groups is 1. The van der Waals surface area contributed by atoms with Crippen molar-refractivity contribution in [2.24, 2.45) is 0 Å². The van der Waals surface area contributed by atoms with E-state index < -0.39 is 21.7 Å². The van der Waals surface area contributed by atoms with Crippen LogP contribution < -0.4 is 0 Å². The minimum Gasteiger partial charge on any atom is -0.390 e. The predicted octanol–water partition coefficient (Wildman–Crippen LogP) is 1.89. The van der Waals surface area contributed by atoms with Crippen molar-refractivity contribution >= 4 is 38.9 Å². The Balaban J connectivity index is 1.95. The minimum absolute atomic E-state index is 0.0408. The summed E-state index contributed by atoms with van der Waals surface area (Å²) in [4.78, 5) is 13.0. The zero-order valence-corrected chi connectivity index (χ0v) is 14.2. The fourth-order valence-electron chi connectivity index (χ4n) is 2.44. The lowest BCUT2D eigenvalue weighted by molar-refractivity contribution is -0.128. The van der Waals surface area contributed by atoms with Gasteiger partial charge < -0.3 is 10.0 Å². The molecule has 1 N–H and O–H groups in total. The van der Waals surface area contributed by atoms with Crippen LogP contribution in [0.1, 0.15) is 18.4 Å². The topological polar surface area (TPSA) is 74.7 Å². The molecule has 1 amide bonds. The van der Waals surface area contributed by atoms with Crippen molar-refractivity contribution in [3.8, 4) is 0 Å². The van der Waals surface area contributed by atoms with Crippen molar-refractivity contribution in [3.63, 3.8) is 0 Å². The van der Waals surface area contributed by atoms with Gasteiger partial charge >= 0.3 is 0 Å². The first-order valence-corrected chi connectivity index (χ1v) is 9.45. The lowest BCUT2D eigenvalue weighted by Gasteiger charge is -2.19. The molecule has 1 aromatic carbocycles. The van der Waals surface area contributed by atoms with Gasteiger partial charge in [-0.25, -0.2) is 8.42 Å². The van der Waals surface area contributed by atoms with Crippen LogP contribution in [0.3, 0.4) is 0 Å². The second-order valence-corrected chi connectivity index (χ2v) is 8.32. The number of benzene rings is 1. The zero-order valence-electron chi connectivity index (χ0n) is 11.8. The van der Waals surface area contributed by atoms with E-state index >= 15 is 0 Å². The van der Waals surface area contributed by atoms with Crippen molar-refractivity contribution in [3.05, 3.63) is 33.8 Å². The largest absolute Gasteiger partial charge is 0.390 e. The van der Waals surface area contributed by atoms with E-state index in [1.807, 2.05) is 0 Å². The van der Waals surface area contributed by atoms with Gasteiger partial charge in [-0.15, -0.1) is 0 Å². The van der Waals surface area contributed by atoms with E-state index in [9.17, 15) is 18.3 Å². The number of hydrogen-bond acceptors (Lipinski definition) is 4. The Hall–Kier alpha value is -0.820. The molecule has 0 saturated carbocycles. The zero-order chi connectivity index (χ0) is 16.3. The summed E-state index contributed by atoms with van der Waals surface area (Å²) >= 11 is 11.6. The summed E-state index contributed by atoms with van der Waals surface area (Å²) in [5, 5.41) is 10.6. The van der Waals surface area contributed by atoms with Crippen LogP contribution in [0.25, 0.3) is 0 Å². The maximum atomic E-state index is 12.1. The number of aliphatic hydroxyl groups excluding tert-OH is 1. The molecule has 2 rings (SSSR count). The highest BCUT2D eigenvalue weighted by Crippen LogP contribution is 2.23. The van der Waals surface area contributed by atoms with Crippen LogP contribution in [0.4, 0.5) is 0 Å². The summed E-state index contributed by atoms with van der Waals surface area (Å²) in [7, 11) is -3.51. The standard InChI is InChI=1S/C14H17Cl2NO4S/c15-12-4-3-10(6-13(12)16)8-22(20,21)9-11(18)7-17-5-1-2-14(17)19/h3-4,6,11,18H,1-2,5,7-9H2/t11-/m0/s1. The molecule has 1 fully saturated rings. The highest BCUT2D eigenvalue weighted by atomic mass is 35.5. The average Bonchev–Trinajstić information content (AvgIpc) is 2.78. The number of hydrogen-bond donors (Lipinski definition) is 1. The van der Waals surface area contributed by atoms with Gasteiger partial charge in [0, 0.05) is 19.5 Å². The van der Waals surface area contributed by atoms with Gasteiger partial charge in [-0.1, -0.05) is 29.3 Å². The Kier molecular flexibility index (Phi) is 5.71. The van der Waals surface area contributed by atoms with Crippen LogP contribution in [0, 0.1) is 0 Å². The first kappa shape index (κ1) is 17.5. The number of β-amino-alcohol motifs (C(OH)–C–C–N with tert-alkyl or cyclic N) is 1. The fourth-order valence-corrected chi connectivity index (χ4v) is 4.26. The Bertz CT molecular complexity index is 663. The van der Waals surface area contributed by atoms with Gasteiger partial charge in [0.2, 0.25) is 5.91 Å². The summed E-state index contributed by atoms with van der Waals surface area (Å²) in [5.74, 6) is -0.660. The van der Waals surface area contributed by atoms with E-state index in [1.54, 1.807) is 6.07 Å². The number of amides is 1. The van der Waals surface area contributed by atoms with E-state index in [0.717, 1.165) is 6.42 Å². The number of rotatable bonds is 6. The quantitative estimate of drug-likeness (QED) is 0.835. The number of aliphatic hydroxyl groups is 1. The molecule has 122 valence electrons. The minimum atomic E-state index is -3.51. The summed E-state index contributed by atoms with van der Waals surface area (Å²) in [6, 6.07) is 4.62. The summed E-state index contributed by atoms with van der Waals surface area (Å²) < 4.78 is 24.2. The molecule has 1 heterocycles. The number of carbonyl (C=O) groups excluding carboxylic acids is 1. The molecule has 0 bridgehead atoms. The van der Waals surface area contributed by atoms with Crippen LogP contribution in [0.2, 0.25) is 10.0 Å². The second-order valence-electron chi connectivity index (χ2n) is 5.40. The molecule has 0 aromatic heterocycles. The van der Waals surface area contributed by atoms with Crippen molar-refractivity contribution in [1.29, 1.82) is 0 Å². The SMILES string of the molecule is O=C1CCCN1C[C@H](O)CS(=O)(=O)Cc1ccc(Cl)c(Cl)c1. The van der Waals surface area contributed by atoms with Crippen LogP contribution in [0.5, 0.6) is 0 Å². The molecule has 8 heteroatoms. The lowest BCUT2D eigenvalue weighted by atomic mass is 10.2. The van der Waals surface area contributed by atoms with Gasteiger partial charge in [0.05, 0.1) is 27.7 Å². The molecule has 1 aliphatic heterocycles. The van der Waals surface area contributed by atoms with E-state index in [4.69, 9.17) is 23.2 Å². The van der Waals surface area contributed by atoms with Crippen molar-refractivity contribution < 1.29 is 18.3 Å². The third-order valence-electron chi connectivity index (χ3n) is 3.42. The van der Waals surface area contributed by atoms with Crippen molar-refractivity contribution in [2.45, 2.75) is 24.7 Å². The molecule has 1 aliphatic rings. The first-order chi connectivity index (χ1) is 10.3. The van der Waals surface area contributed by atoms with Crippen molar-refractivity contribution in [1.82, 2.24) is 4.90 Å². The Morgan fingerprint density at radius 3 is 2.59 bits per heavy atom. The normalized spacial score (nSPS) is 17.0. The Labute approximate surface area is 139 Å². The molecule has 0 aliphatic carbocycles. The van der Waals surface area contributed by atoms with E-state index in [-0.39, 0.29) is 23.2 Å². The molecule has 22 heavy (non-hydrogen) atoms. The van der Waals surface area contributed by atoms with E-state index in [2.05, 4.69) is 0 Å². The maximum absolute atomic E-state index is 12.1. The van der Waals surface area contributed by atoms with Crippen molar-refractivity contribution in [2.75, 3.05) is 18.8 Å². The van der Waals surface area contributed by atoms with Crippen LogP contribution in [-0.4, -0.2) is 49.3 Å². The maximum Gasteiger partial charge on any atom is 0.222 e. The Morgan fingerprint density at radius 1 is 1.27 bits per heavy atom. The summed E-state index contributed by atoms with van der Waals surface area (Å²) in [5.41, 5.74) is 0.513.